The maximum atomic E-state index is 12.5. The minimum atomic E-state index is -0.262. The molecule has 0 bridgehead atoms. The zero-order valence-corrected chi connectivity index (χ0v) is 20.8. The summed E-state index contributed by atoms with van der Waals surface area (Å²) in [7, 11) is 0. The van der Waals surface area contributed by atoms with Crippen molar-refractivity contribution in [2.75, 3.05) is 48.8 Å². The molecule has 1 aliphatic rings. The van der Waals surface area contributed by atoms with Gasteiger partial charge in [-0.1, -0.05) is 49.0 Å². The molecule has 0 atom stereocenters. The molecule has 0 spiro atoms. The molecule has 2 amide bonds. The van der Waals surface area contributed by atoms with Crippen LogP contribution in [0.2, 0.25) is 0 Å². The summed E-state index contributed by atoms with van der Waals surface area (Å²) in [6.07, 6.45) is 0.813. The molecule has 2 heterocycles. The van der Waals surface area contributed by atoms with Gasteiger partial charge in [0.2, 0.25) is 17.8 Å². The highest BCUT2D eigenvalue weighted by Gasteiger charge is 2.22. The monoisotopic (exact) mass is 494 g/mol. The average Bonchev–Trinajstić information content (AvgIpc) is 3.31. The van der Waals surface area contributed by atoms with E-state index in [9.17, 15) is 9.59 Å². The molecule has 0 aliphatic carbocycles. The molecule has 35 heavy (non-hydrogen) atoms. The maximum absolute atomic E-state index is 12.5. The van der Waals surface area contributed by atoms with Crippen LogP contribution < -0.4 is 15.5 Å². The van der Waals surface area contributed by atoms with Crippen LogP contribution in [-0.2, 0) is 20.7 Å². The van der Waals surface area contributed by atoms with Gasteiger partial charge in [-0.3, -0.25) is 14.2 Å². The second-order valence-corrected chi connectivity index (χ2v) is 9.12. The smallest absolute Gasteiger partial charge is 0.243 e. The predicted octanol–water partition coefficient (Wildman–Crippen LogP) is 2.82. The summed E-state index contributed by atoms with van der Waals surface area (Å²) in [5.74, 6) is 0.338. The third-order valence-corrected chi connectivity index (χ3v) is 6.55. The molecule has 1 aromatic heterocycles. The minimum absolute atomic E-state index is 0.0962. The van der Waals surface area contributed by atoms with Gasteiger partial charge in [0, 0.05) is 18.8 Å². The van der Waals surface area contributed by atoms with E-state index >= 15 is 0 Å². The molecule has 1 aliphatic heterocycles. The molecule has 1 saturated heterocycles. The van der Waals surface area contributed by atoms with Crippen molar-refractivity contribution in [1.29, 1.82) is 0 Å². The number of ether oxygens (including phenoxy) is 1. The number of nitrogens with zero attached hydrogens (tertiary/aromatic N) is 4. The van der Waals surface area contributed by atoms with Crippen molar-refractivity contribution in [2.24, 2.45) is 0 Å². The van der Waals surface area contributed by atoms with E-state index in [1.165, 1.54) is 11.8 Å². The molecule has 2 N–H and O–H groups in total. The molecule has 9 nitrogen and oxygen atoms in total. The van der Waals surface area contributed by atoms with Crippen LogP contribution in [0.5, 0.6) is 0 Å². The number of aromatic nitrogens is 3. The largest absolute Gasteiger partial charge is 0.378 e. The summed E-state index contributed by atoms with van der Waals surface area (Å²) < 4.78 is 7.46. The quantitative estimate of drug-likeness (QED) is 0.441. The lowest BCUT2D eigenvalue weighted by molar-refractivity contribution is -0.122. The summed E-state index contributed by atoms with van der Waals surface area (Å²) in [5, 5.41) is 15.0. The van der Waals surface area contributed by atoms with Crippen LogP contribution >= 0.6 is 11.8 Å². The van der Waals surface area contributed by atoms with E-state index in [-0.39, 0.29) is 24.1 Å². The number of hydrogen-bond acceptors (Lipinski definition) is 7. The zero-order chi connectivity index (χ0) is 24.6. The van der Waals surface area contributed by atoms with E-state index in [1.54, 1.807) is 0 Å². The fraction of sp³-hybridized carbons (Fsp3) is 0.360. The van der Waals surface area contributed by atoms with E-state index in [0.717, 1.165) is 48.0 Å². The second kappa shape index (κ2) is 11.9. The first-order valence-corrected chi connectivity index (χ1v) is 12.7. The number of para-hydroxylation sites is 1. The first-order chi connectivity index (χ1) is 17.0. The van der Waals surface area contributed by atoms with Crippen LogP contribution in [0, 0.1) is 6.92 Å². The Kier molecular flexibility index (Phi) is 8.38. The molecular formula is C25H30N6O3S. The van der Waals surface area contributed by atoms with E-state index in [4.69, 9.17) is 4.74 Å². The van der Waals surface area contributed by atoms with Crippen molar-refractivity contribution in [3.05, 3.63) is 59.7 Å². The third kappa shape index (κ3) is 6.40. The van der Waals surface area contributed by atoms with E-state index in [0.29, 0.717) is 18.4 Å². The second-order valence-electron chi connectivity index (χ2n) is 8.18. The highest BCUT2D eigenvalue weighted by atomic mass is 32.2. The predicted molar refractivity (Wildman–Crippen MR) is 137 cm³/mol. The number of carbonyl (C=O) groups excluding carboxylic acids is 2. The van der Waals surface area contributed by atoms with Gasteiger partial charge < -0.3 is 20.3 Å². The van der Waals surface area contributed by atoms with Crippen LogP contribution in [0.4, 0.5) is 11.6 Å². The number of aryl methyl sites for hydroxylation is 2. The van der Waals surface area contributed by atoms with Crippen LogP contribution in [0.15, 0.2) is 53.7 Å². The van der Waals surface area contributed by atoms with E-state index in [2.05, 4.69) is 31.8 Å². The van der Waals surface area contributed by atoms with Crippen LogP contribution in [0.1, 0.15) is 18.1 Å². The van der Waals surface area contributed by atoms with Crippen LogP contribution in [0.3, 0.4) is 0 Å². The van der Waals surface area contributed by atoms with Crippen molar-refractivity contribution < 1.29 is 14.3 Å². The summed E-state index contributed by atoms with van der Waals surface area (Å²) in [4.78, 5) is 27.0. The molecule has 0 unspecified atom stereocenters. The topological polar surface area (TPSA) is 101 Å². The highest BCUT2D eigenvalue weighted by Crippen LogP contribution is 2.27. The maximum Gasteiger partial charge on any atom is 0.243 e. The van der Waals surface area contributed by atoms with Gasteiger partial charge in [-0.15, -0.1) is 10.2 Å². The first-order valence-electron chi connectivity index (χ1n) is 11.7. The van der Waals surface area contributed by atoms with E-state index in [1.807, 2.05) is 60.9 Å². The molecule has 184 valence electrons. The Labute approximate surface area is 209 Å². The van der Waals surface area contributed by atoms with Crippen molar-refractivity contribution >= 4 is 35.2 Å². The van der Waals surface area contributed by atoms with Crippen molar-refractivity contribution in [3.8, 4) is 5.69 Å². The average molecular weight is 495 g/mol. The molecule has 10 heteroatoms. The Bertz CT molecular complexity index is 1180. The van der Waals surface area contributed by atoms with Gasteiger partial charge in [0.05, 0.1) is 31.2 Å². The zero-order valence-electron chi connectivity index (χ0n) is 20.0. The van der Waals surface area contributed by atoms with Crippen molar-refractivity contribution in [1.82, 2.24) is 20.1 Å². The van der Waals surface area contributed by atoms with Crippen molar-refractivity contribution in [3.63, 3.8) is 0 Å². The van der Waals surface area contributed by atoms with Gasteiger partial charge in [0.25, 0.3) is 0 Å². The number of nitrogens with one attached hydrogen (secondary N) is 2. The lowest BCUT2D eigenvalue weighted by Gasteiger charge is -2.28. The molecule has 2 aromatic carbocycles. The number of amides is 2. The summed E-state index contributed by atoms with van der Waals surface area (Å²) >= 11 is 1.29. The van der Waals surface area contributed by atoms with Crippen LogP contribution in [-0.4, -0.2) is 65.2 Å². The number of rotatable bonds is 9. The number of benzene rings is 2. The Morgan fingerprint density at radius 3 is 2.63 bits per heavy atom. The SMILES string of the molecule is CCc1ccccc1NC(=O)CNC(=O)CSc1nnc(N2CCOCC2)n1-c1cccc(C)c1. The lowest BCUT2D eigenvalue weighted by Crippen LogP contribution is -2.38. The Hall–Kier alpha value is -3.37. The number of anilines is 2. The normalized spacial score (nSPS) is 13.5. The first kappa shape index (κ1) is 24.7. The standard InChI is InChI=1S/C25H30N6O3S/c1-3-19-8-4-5-10-21(19)27-22(32)16-26-23(33)17-35-25-29-28-24(30-11-13-34-14-12-30)31(25)20-9-6-7-18(2)15-20/h4-10,15H,3,11-14,16-17H2,1-2H3,(H,26,33)(H,27,32). The Morgan fingerprint density at radius 1 is 1.06 bits per heavy atom. The van der Waals surface area contributed by atoms with Gasteiger partial charge in [0.1, 0.15) is 0 Å². The summed E-state index contributed by atoms with van der Waals surface area (Å²) in [6, 6.07) is 15.7. The Morgan fingerprint density at radius 2 is 1.86 bits per heavy atom. The summed E-state index contributed by atoms with van der Waals surface area (Å²) in [6.45, 7) is 6.70. The molecule has 4 rings (SSSR count). The molecule has 3 aromatic rings. The van der Waals surface area contributed by atoms with Gasteiger partial charge in [-0.25, -0.2) is 0 Å². The third-order valence-electron chi connectivity index (χ3n) is 5.62. The molecule has 1 fully saturated rings. The van der Waals surface area contributed by atoms with E-state index < -0.39 is 0 Å². The number of hydrogen-bond donors (Lipinski definition) is 2. The molecule has 0 radical (unpaired) electrons. The number of morpholine rings is 1. The van der Waals surface area contributed by atoms with Crippen LogP contribution in [0.25, 0.3) is 5.69 Å². The summed E-state index contributed by atoms with van der Waals surface area (Å²) in [5.41, 5.74) is 3.88. The van der Waals surface area contributed by atoms with Crippen molar-refractivity contribution in [2.45, 2.75) is 25.4 Å². The highest BCUT2D eigenvalue weighted by molar-refractivity contribution is 7.99. The molecule has 0 saturated carbocycles. The number of carbonyl (C=O) groups is 2. The fourth-order valence-electron chi connectivity index (χ4n) is 3.82. The number of thioether (sulfide) groups is 1. The fourth-order valence-corrected chi connectivity index (χ4v) is 4.60. The van der Waals surface area contributed by atoms with Gasteiger partial charge in [-0.05, 0) is 42.7 Å². The lowest BCUT2D eigenvalue weighted by atomic mass is 10.1. The van der Waals surface area contributed by atoms with Gasteiger partial charge >= 0.3 is 0 Å². The molecular weight excluding hydrogens is 464 g/mol. The minimum Gasteiger partial charge on any atom is -0.378 e. The Balaban J connectivity index is 1.39. The van der Waals surface area contributed by atoms with Gasteiger partial charge in [-0.2, -0.15) is 0 Å². The van der Waals surface area contributed by atoms with Gasteiger partial charge in [0.15, 0.2) is 5.16 Å².